The van der Waals surface area contributed by atoms with Gasteiger partial charge in [-0.2, -0.15) is 0 Å². The maximum Gasteiger partial charge on any atom is 0.307 e. The largest absolute Gasteiger partial charge is 0.481 e. The fourth-order valence-electron chi connectivity index (χ4n) is 4.58. The van der Waals surface area contributed by atoms with Gasteiger partial charge in [-0.15, -0.1) is 0 Å². The van der Waals surface area contributed by atoms with Crippen LogP contribution in [0.1, 0.15) is 28.8 Å². The molecule has 1 saturated carbocycles. The Kier molecular flexibility index (Phi) is 6.01. The van der Waals surface area contributed by atoms with Crippen LogP contribution in [0.5, 0.6) is 0 Å². The Hall–Kier alpha value is -2.91. The van der Waals surface area contributed by atoms with E-state index in [9.17, 15) is 14.7 Å². The molecular weight excluding hydrogens is 396 g/mol. The predicted molar refractivity (Wildman–Crippen MR) is 119 cm³/mol. The summed E-state index contributed by atoms with van der Waals surface area (Å²) >= 11 is 5.95. The molecule has 0 radical (unpaired) electrons. The lowest BCUT2D eigenvalue weighted by atomic mass is 9.82. The van der Waals surface area contributed by atoms with Crippen molar-refractivity contribution in [3.63, 3.8) is 0 Å². The van der Waals surface area contributed by atoms with E-state index in [1.54, 1.807) is 12.1 Å². The Morgan fingerprint density at radius 3 is 2.03 bits per heavy atom. The van der Waals surface area contributed by atoms with Gasteiger partial charge in [0.05, 0.1) is 5.92 Å². The monoisotopic (exact) mass is 418 g/mol. The van der Waals surface area contributed by atoms with Crippen LogP contribution in [0.4, 0.5) is 0 Å². The predicted octanol–water partition coefficient (Wildman–Crippen LogP) is 6.16. The van der Waals surface area contributed by atoms with Crippen molar-refractivity contribution in [1.82, 2.24) is 0 Å². The van der Waals surface area contributed by atoms with Crippen LogP contribution in [0.2, 0.25) is 5.02 Å². The number of hydrogen-bond donors (Lipinski definition) is 1. The zero-order valence-electron chi connectivity index (χ0n) is 16.5. The van der Waals surface area contributed by atoms with Gasteiger partial charge in [0.1, 0.15) is 0 Å². The van der Waals surface area contributed by atoms with Crippen LogP contribution >= 0.6 is 11.6 Å². The lowest BCUT2D eigenvalue weighted by Crippen LogP contribution is -2.30. The minimum atomic E-state index is -0.871. The normalized spacial score (nSPS) is 20.8. The van der Waals surface area contributed by atoms with Crippen LogP contribution in [0.15, 0.2) is 78.9 Å². The molecule has 30 heavy (non-hydrogen) atoms. The number of carboxylic acid groups (broad SMARTS) is 1. The Bertz CT molecular complexity index is 1030. The van der Waals surface area contributed by atoms with E-state index < -0.39 is 17.8 Å². The second-order valence-corrected chi connectivity index (χ2v) is 8.38. The van der Waals surface area contributed by atoms with Gasteiger partial charge in [-0.3, -0.25) is 9.59 Å². The second-order valence-electron chi connectivity index (χ2n) is 7.95. The molecule has 3 aromatic rings. The van der Waals surface area contributed by atoms with Gasteiger partial charge < -0.3 is 5.11 Å². The summed E-state index contributed by atoms with van der Waals surface area (Å²) in [5.74, 6) is -2.08. The number of halogens is 1. The number of Topliss-reactive ketones (excluding diaryl/α,β-unsaturated/α-hetero) is 1. The summed E-state index contributed by atoms with van der Waals surface area (Å²) in [5, 5.41) is 10.6. The summed E-state index contributed by atoms with van der Waals surface area (Å²) in [6, 6.07) is 24.9. The highest BCUT2D eigenvalue weighted by atomic mass is 35.5. The van der Waals surface area contributed by atoms with Crippen LogP contribution in [-0.4, -0.2) is 16.9 Å². The topological polar surface area (TPSA) is 54.4 Å². The maximum absolute atomic E-state index is 13.2. The minimum absolute atomic E-state index is 0.0211. The number of carbonyl (C=O) groups excluding carboxylic acids is 1. The first kappa shape index (κ1) is 20.4. The van der Waals surface area contributed by atoms with E-state index in [0.717, 1.165) is 23.1 Å². The molecule has 4 rings (SSSR count). The fraction of sp³-hybridized carbons (Fsp3) is 0.231. The number of benzene rings is 3. The Morgan fingerprint density at radius 2 is 1.43 bits per heavy atom. The number of aliphatic carboxylic acids is 1. The van der Waals surface area contributed by atoms with Crippen molar-refractivity contribution in [2.24, 2.45) is 17.8 Å². The van der Waals surface area contributed by atoms with Crippen molar-refractivity contribution in [1.29, 1.82) is 0 Å². The molecule has 3 aromatic carbocycles. The van der Waals surface area contributed by atoms with E-state index in [4.69, 9.17) is 11.6 Å². The number of hydrogen-bond acceptors (Lipinski definition) is 2. The van der Waals surface area contributed by atoms with Crippen LogP contribution < -0.4 is 0 Å². The Balaban J connectivity index is 1.51. The molecule has 1 N–H and O–H groups in total. The van der Waals surface area contributed by atoms with Crippen molar-refractivity contribution in [2.75, 3.05) is 0 Å². The van der Waals surface area contributed by atoms with Gasteiger partial charge in [0.15, 0.2) is 5.78 Å². The molecule has 152 valence electrons. The minimum Gasteiger partial charge on any atom is -0.481 e. The summed E-state index contributed by atoms with van der Waals surface area (Å²) in [4.78, 5) is 25.2. The number of carbonyl (C=O) groups is 2. The zero-order chi connectivity index (χ0) is 21.1. The van der Waals surface area contributed by atoms with Crippen LogP contribution in [0.25, 0.3) is 11.1 Å². The molecule has 1 aliphatic rings. The summed E-state index contributed by atoms with van der Waals surface area (Å²) in [7, 11) is 0. The highest BCUT2D eigenvalue weighted by Crippen LogP contribution is 2.41. The number of carboxylic acids is 1. The van der Waals surface area contributed by atoms with E-state index in [0.29, 0.717) is 23.4 Å². The van der Waals surface area contributed by atoms with Gasteiger partial charge in [0.25, 0.3) is 0 Å². The molecule has 4 heteroatoms. The Labute approximate surface area is 181 Å². The first-order valence-corrected chi connectivity index (χ1v) is 10.6. The molecule has 0 spiro atoms. The summed E-state index contributed by atoms with van der Waals surface area (Å²) in [5.41, 5.74) is 3.70. The molecule has 1 fully saturated rings. The van der Waals surface area contributed by atoms with E-state index in [-0.39, 0.29) is 11.7 Å². The maximum atomic E-state index is 13.2. The van der Waals surface area contributed by atoms with Crippen molar-refractivity contribution >= 4 is 23.4 Å². The molecule has 0 heterocycles. The molecule has 1 aliphatic carbocycles. The van der Waals surface area contributed by atoms with E-state index in [1.807, 2.05) is 66.7 Å². The summed E-state index contributed by atoms with van der Waals surface area (Å²) in [6.07, 6.45) is 2.06. The van der Waals surface area contributed by atoms with Crippen molar-refractivity contribution in [2.45, 2.75) is 19.3 Å². The standard InChI is InChI=1S/C26H23ClO3/c27-22-13-10-19(11-14-22)18-6-8-20(9-7-18)25(28)23-15-12-21(24(23)26(29)30)16-17-4-2-1-3-5-17/h1-11,13-14,21,23-24H,12,15-16H2,(H,29,30)/t21?,23-,24-/m1/s1. The third-order valence-corrected chi connectivity index (χ3v) is 6.35. The van der Waals surface area contributed by atoms with Crippen molar-refractivity contribution in [3.05, 3.63) is 95.0 Å². The third-order valence-electron chi connectivity index (χ3n) is 6.10. The highest BCUT2D eigenvalue weighted by molar-refractivity contribution is 6.30. The van der Waals surface area contributed by atoms with Crippen molar-refractivity contribution in [3.8, 4) is 11.1 Å². The molecule has 3 nitrogen and oxygen atoms in total. The Morgan fingerprint density at radius 1 is 0.833 bits per heavy atom. The summed E-state index contributed by atoms with van der Waals surface area (Å²) < 4.78 is 0. The molecule has 0 amide bonds. The first-order chi connectivity index (χ1) is 14.5. The van der Waals surface area contributed by atoms with Gasteiger partial charge in [-0.05, 0) is 54.0 Å². The van der Waals surface area contributed by atoms with E-state index >= 15 is 0 Å². The molecule has 1 unspecified atom stereocenters. The SMILES string of the molecule is O=C(O)[C@@H]1C(Cc2ccccc2)CC[C@H]1C(=O)c1ccc(-c2ccc(Cl)cc2)cc1. The number of ketones is 1. The average molecular weight is 419 g/mol. The smallest absolute Gasteiger partial charge is 0.307 e. The molecule has 0 aromatic heterocycles. The second kappa shape index (κ2) is 8.85. The molecular formula is C26H23ClO3. The molecule has 0 saturated heterocycles. The average Bonchev–Trinajstić information content (AvgIpc) is 3.18. The molecule has 3 atom stereocenters. The van der Waals surface area contributed by atoms with Gasteiger partial charge >= 0.3 is 5.97 Å². The fourth-order valence-corrected chi connectivity index (χ4v) is 4.70. The third kappa shape index (κ3) is 4.31. The van der Waals surface area contributed by atoms with Crippen LogP contribution in [0, 0.1) is 17.8 Å². The zero-order valence-corrected chi connectivity index (χ0v) is 17.3. The lowest BCUT2D eigenvalue weighted by molar-refractivity contribution is -0.144. The van der Waals surface area contributed by atoms with Crippen molar-refractivity contribution < 1.29 is 14.7 Å². The molecule has 0 aliphatic heterocycles. The lowest BCUT2D eigenvalue weighted by Gasteiger charge is -2.20. The van der Waals surface area contributed by atoms with Gasteiger partial charge in [-0.25, -0.2) is 0 Å². The van der Waals surface area contributed by atoms with E-state index in [1.165, 1.54) is 0 Å². The van der Waals surface area contributed by atoms with Gasteiger partial charge in [0, 0.05) is 16.5 Å². The molecule has 0 bridgehead atoms. The van der Waals surface area contributed by atoms with E-state index in [2.05, 4.69) is 0 Å². The quantitative estimate of drug-likeness (QED) is 0.488. The van der Waals surface area contributed by atoms with Crippen LogP contribution in [0.3, 0.4) is 0 Å². The first-order valence-electron chi connectivity index (χ1n) is 10.2. The van der Waals surface area contributed by atoms with Gasteiger partial charge in [-0.1, -0.05) is 78.3 Å². The summed E-state index contributed by atoms with van der Waals surface area (Å²) in [6.45, 7) is 0. The highest BCUT2D eigenvalue weighted by Gasteiger charge is 2.44. The van der Waals surface area contributed by atoms with Crippen LogP contribution in [-0.2, 0) is 11.2 Å². The van der Waals surface area contributed by atoms with Gasteiger partial charge in [0.2, 0.25) is 0 Å². The number of rotatable bonds is 6.